The van der Waals surface area contributed by atoms with E-state index in [-0.39, 0.29) is 6.04 Å². The third-order valence-corrected chi connectivity index (χ3v) is 2.83. The molecule has 1 unspecified atom stereocenters. The summed E-state index contributed by atoms with van der Waals surface area (Å²) in [6.07, 6.45) is 1.87. The van der Waals surface area contributed by atoms with Crippen molar-refractivity contribution >= 4 is 11.9 Å². The molecule has 1 aliphatic rings. The van der Waals surface area contributed by atoms with Crippen molar-refractivity contribution in [2.75, 3.05) is 7.11 Å². The van der Waals surface area contributed by atoms with Gasteiger partial charge in [0.15, 0.2) is 5.92 Å². The zero-order chi connectivity index (χ0) is 13.1. The summed E-state index contributed by atoms with van der Waals surface area (Å²) in [7, 11) is 1.23. The number of amides is 1. The highest BCUT2D eigenvalue weighted by molar-refractivity contribution is 6.03. The lowest BCUT2D eigenvalue weighted by Gasteiger charge is -2.14. The molecule has 1 fully saturated rings. The molecule has 1 aromatic carbocycles. The van der Waals surface area contributed by atoms with E-state index in [0.29, 0.717) is 5.56 Å². The summed E-state index contributed by atoms with van der Waals surface area (Å²) in [4.78, 5) is 23.6. The molecule has 0 aromatic heterocycles. The van der Waals surface area contributed by atoms with Gasteiger partial charge in [-0.3, -0.25) is 9.59 Å². The molecule has 0 spiro atoms. The Labute approximate surface area is 104 Å². The lowest BCUT2D eigenvalue weighted by atomic mass is 9.98. The van der Waals surface area contributed by atoms with Crippen LogP contribution in [0.5, 0.6) is 0 Å². The van der Waals surface area contributed by atoms with Gasteiger partial charge in [-0.1, -0.05) is 12.1 Å². The van der Waals surface area contributed by atoms with Crippen molar-refractivity contribution in [2.45, 2.75) is 24.8 Å². The Balaban J connectivity index is 2.20. The molecule has 1 aromatic rings. The fourth-order valence-electron chi connectivity index (χ4n) is 1.68. The van der Waals surface area contributed by atoms with Gasteiger partial charge in [0.25, 0.3) is 0 Å². The Morgan fingerprint density at radius 2 is 1.94 bits per heavy atom. The minimum absolute atomic E-state index is 0.158. The first kappa shape index (κ1) is 12.5. The van der Waals surface area contributed by atoms with Crippen LogP contribution in [-0.2, 0) is 14.3 Å². The first-order valence-electron chi connectivity index (χ1n) is 5.75. The highest BCUT2D eigenvalue weighted by Crippen LogP contribution is 2.23. The number of hydrogen-bond donors (Lipinski definition) is 1. The molecule has 0 bridgehead atoms. The number of halogens is 1. The summed E-state index contributed by atoms with van der Waals surface area (Å²) in [6.45, 7) is 0. The number of esters is 1. The van der Waals surface area contributed by atoms with Crippen molar-refractivity contribution in [2.24, 2.45) is 0 Å². The first-order valence-corrected chi connectivity index (χ1v) is 5.75. The maximum absolute atomic E-state index is 12.8. The zero-order valence-electron chi connectivity index (χ0n) is 9.98. The van der Waals surface area contributed by atoms with Crippen molar-refractivity contribution in [1.82, 2.24) is 5.32 Å². The number of nitrogens with one attached hydrogen (secondary N) is 1. The molecule has 5 heteroatoms. The SMILES string of the molecule is COC(=O)C(C(=O)NC1CC1)c1ccc(F)cc1. The largest absolute Gasteiger partial charge is 0.468 e. The van der Waals surface area contributed by atoms with Crippen LogP contribution in [0.15, 0.2) is 24.3 Å². The minimum atomic E-state index is -1.03. The van der Waals surface area contributed by atoms with Gasteiger partial charge in [-0.15, -0.1) is 0 Å². The Kier molecular flexibility index (Phi) is 3.60. The van der Waals surface area contributed by atoms with Crippen molar-refractivity contribution in [3.05, 3.63) is 35.6 Å². The molecule has 0 saturated heterocycles. The van der Waals surface area contributed by atoms with Crippen LogP contribution >= 0.6 is 0 Å². The van der Waals surface area contributed by atoms with E-state index in [9.17, 15) is 14.0 Å². The molecule has 0 heterocycles. The fourth-order valence-corrected chi connectivity index (χ4v) is 1.68. The number of carbonyl (C=O) groups excluding carboxylic acids is 2. The van der Waals surface area contributed by atoms with E-state index in [2.05, 4.69) is 10.1 Å². The summed E-state index contributed by atoms with van der Waals surface area (Å²) in [5.41, 5.74) is 0.432. The van der Waals surface area contributed by atoms with Crippen LogP contribution in [0, 0.1) is 5.82 Å². The Morgan fingerprint density at radius 3 is 2.44 bits per heavy atom. The average Bonchev–Trinajstić information content (AvgIpc) is 3.15. The van der Waals surface area contributed by atoms with Crippen LogP contribution in [0.1, 0.15) is 24.3 Å². The maximum atomic E-state index is 12.8. The molecule has 1 amide bonds. The number of hydrogen-bond acceptors (Lipinski definition) is 3. The van der Waals surface area contributed by atoms with Crippen LogP contribution in [-0.4, -0.2) is 25.0 Å². The molecule has 1 atom stereocenters. The normalized spacial score (nSPS) is 15.9. The number of carbonyl (C=O) groups is 2. The van der Waals surface area contributed by atoms with E-state index in [1.807, 2.05) is 0 Å². The van der Waals surface area contributed by atoms with Gasteiger partial charge >= 0.3 is 5.97 Å². The second-order valence-corrected chi connectivity index (χ2v) is 4.29. The van der Waals surface area contributed by atoms with Gasteiger partial charge in [-0.2, -0.15) is 0 Å². The molecular weight excluding hydrogens is 237 g/mol. The Morgan fingerprint density at radius 1 is 1.33 bits per heavy atom. The van der Waals surface area contributed by atoms with E-state index in [4.69, 9.17) is 0 Å². The van der Waals surface area contributed by atoms with Crippen molar-refractivity contribution < 1.29 is 18.7 Å². The number of methoxy groups -OCH3 is 1. The van der Waals surface area contributed by atoms with Crippen LogP contribution in [0.25, 0.3) is 0 Å². The molecule has 1 saturated carbocycles. The van der Waals surface area contributed by atoms with Gasteiger partial charge in [0.05, 0.1) is 7.11 Å². The van der Waals surface area contributed by atoms with Gasteiger partial charge < -0.3 is 10.1 Å². The topological polar surface area (TPSA) is 55.4 Å². The predicted molar refractivity (Wildman–Crippen MR) is 62.3 cm³/mol. The predicted octanol–water partition coefficient (Wildman–Crippen LogP) is 1.36. The monoisotopic (exact) mass is 251 g/mol. The van der Waals surface area contributed by atoms with Crippen LogP contribution in [0.2, 0.25) is 0 Å². The van der Waals surface area contributed by atoms with Gasteiger partial charge in [0, 0.05) is 6.04 Å². The molecule has 96 valence electrons. The average molecular weight is 251 g/mol. The van der Waals surface area contributed by atoms with E-state index < -0.39 is 23.6 Å². The zero-order valence-corrected chi connectivity index (χ0v) is 9.98. The highest BCUT2D eigenvalue weighted by atomic mass is 19.1. The summed E-state index contributed by atoms with van der Waals surface area (Å²) in [5.74, 6) is -2.48. The van der Waals surface area contributed by atoms with Gasteiger partial charge in [0.1, 0.15) is 5.82 Å². The Bertz CT molecular complexity index is 454. The quantitative estimate of drug-likeness (QED) is 0.649. The van der Waals surface area contributed by atoms with Gasteiger partial charge in [0.2, 0.25) is 5.91 Å². The van der Waals surface area contributed by atoms with E-state index in [0.717, 1.165) is 12.8 Å². The molecule has 0 radical (unpaired) electrons. The Hall–Kier alpha value is -1.91. The fraction of sp³-hybridized carbons (Fsp3) is 0.385. The van der Waals surface area contributed by atoms with Crippen molar-refractivity contribution in [1.29, 1.82) is 0 Å². The molecule has 1 N–H and O–H groups in total. The van der Waals surface area contributed by atoms with E-state index in [1.54, 1.807) is 0 Å². The number of benzene rings is 1. The first-order chi connectivity index (χ1) is 8.61. The molecule has 4 nitrogen and oxygen atoms in total. The smallest absolute Gasteiger partial charge is 0.322 e. The minimum Gasteiger partial charge on any atom is -0.468 e. The molecule has 2 rings (SSSR count). The summed E-state index contributed by atoms with van der Waals surface area (Å²) >= 11 is 0. The molecule has 0 aliphatic heterocycles. The van der Waals surface area contributed by atoms with Gasteiger partial charge in [-0.25, -0.2) is 4.39 Å². The van der Waals surface area contributed by atoms with Crippen LogP contribution in [0.3, 0.4) is 0 Å². The standard InChI is InChI=1S/C13H14FNO3/c1-18-13(17)11(12(16)15-10-6-7-10)8-2-4-9(14)5-3-8/h2-5,10-11H,6-7H2,1H3,(H,15,16). The van der Waals surface area contributed by atoms with E-state index >= 15 is 0 Å². The van der Waals surface area contributed by atoms with Crippen molar-refractivity contribution in [3.8, 4) is 0 Å². The molecule has 18 heavy (non-hydrogen) atoms. The van der Waals surface area contributed by atoms with Crippen LogP contribution in [0.4, 0.5) is 4.39 Å². The number of rotatable bonds is 4. The molecule has 1 aliphatic carbocycles. The van der Waals surface area contributed by atoms with Crippen molar-refractivity contribution in [3.63, 3.8) is 0 Å². The highest BCUT2D eigenvalue weighted by Gasteiger charge is 2.33. The number of ether oxygens (including phenoxy) is 1. The summed E-state index contributed by atoms with van der Waals surface area (Å²) in [6, 6.07) is 5.43. The van der Waals surface area contributed by atoms with E-state index in [1.165, 1.54) is 31.4 Å². The third-order valence-electron chi connectivity index (χ3n) is 2.83. The third kappa shape index (κ3) is 2.85. The summed E-state index contributed by atoms with van der Waals surface area (Å²) < 4.78 is 17.5. The second kappa shape index (κ2) is 5.16. The van der Waals surface area contributed by atoms with Crippen LogP contribution < -0.4 is 5.32 Å². The maximum Gasteiger partial charge on any atom is 0.322 e. The summed E-state index contributed by atoms with van der Waals surface area (Å²) in [5, 5.41) is 2.75. The molecular formula is C13H14FNO3. The van der Waals surface area contributed by atoms with Gasteiger partial charge in [-0.05, 0) is 30.5 Å². The second-order valence-electron chi connectivity index (χ2n) is 4.29. The lowest BCUT2D eigenvalue weighted by molar-refractivity contribution is -0.146. The lowest BCUT2D eigenvalue weighted by Crippen LogP contribution is -2.35.